The molecule has 3 heteroatoms. The van der Waals surface area contributed by atoms with Crippen LogP contribution in [0.25, 0.3) is 22.2 Å². The number of carbonyl (C=O) groups excluding carboxylic acids is 1. The zero-order valence-electron chi connectivity index (χ0n) is 12.0. The normalized spacial score (nSPS) is 11.0. The molecule has 1 heterocycles. The summed E-state index contributed by atoms with van der Waals surface area (Å²) < 4.78 is 13.5. The molecule has 106 valence electrons. The summed E-state index contributed by atoms with van der Waals surface area (Å²) in [5.74, 6) is -0.404. The Hall–Kier alpha value is -2.42. The van der Waals surface area contributed by atoms with Crippen LogP contribution in [0.4, 0.5) is 4.39 Å². The molecule has 0 atom stereocenters. The fourth-order valence-electron chi connectivity index (χ4n) is 2.65. The van der Waals surface area contributed by atoms with Crippen molar-refractivity contribution in [2.24, 2.45) is 0 Å². The summed E-state index contributed by atoms with van der Waals surface area (Å²) in [6.07, 6.45) is 0.970. The number of ketones is 1. The SMILES string of the molecule is CCc1ccc(-c2[nH]c3ccc(F)cc3c2C(C)=O)cc1. The highest BCUT2D eigenvalue weighted by atomic mass is 19.1. The van der Waals surface area contributed by atoms with Gasteiger partial charge in [-0.05, 0) is 42.7 Å². The van der Waals surface area contributed by atoms with Gasteiger partial charge in [0.05, 0.1) is 11.3 Å². The van der Waals surface area contributed by atoms with Crippen LogP contribution in [0, 0.1) is 5.82 Å². The smallest absolute Gasteiger partial charge is 0.162 e. The number of benzene rings is 2. The Balaban J connectivity index is 2.25. The van der Waals surface area contributed by atoms with E-state index in [-0.39, 0.29) is 11.6 Å². The summed E-state index contributed by atoms with van der Waals surface area (Å²) in [7, 11) is 0. The molecule has 0 radical (unpaired) electrons. The number of H-pyrrole nitrogens is 1. The fourth-order valence-corrected chi connectivity index (χ4v) is 2.65. The maximum Gasteiger partial charge on any atom is 0.162 e. The van der Waals surface area contributed by atoms with Crippen molar-refractivity contribution in [3.8, 4) is 11.3 Å². The summed E-state index contributed by atoms with van der Waals surface area (Å²) in [5.41, 5.74) is 4.26. The molecule has 3 aromatic rings. The van der Waals surface area contributed by atoms with Gasteiger partial charge < -0.3 is 4.98 Å². The molecule has 3 rings (SSSR count). The van der Waals surface area contributed by atoms with Crippen molar-refractivity contribution in [3.05, 3.63) is 59.4 Å². The van der Waals surface area contributed by atoms with Gasteiger partial charge in [-0.3, -0.25) is 4.79 Å². The highest BCUT2D eigenvalue weighted by molar-refractivity contribution is 6.12. The van der Waals surface area contributed by atoms with Crippen LogP contribution in [0.15, 0.2) is 42.5 Å². The Morgan fingerprint density at radius 1 is 1.14 bits per heavy atom. The van der Waals surface area contributed by atoms with Crippen molar-refractivity contribution in [2.75, 3.05) is 0 Å². The largest absolute Gasteiger partial charge is 0.354 e. The van der Waals surface area contributed by atoms with Crippen LogP contribution in [-0.4, -0.2) is 10.8 Å². The van der Waals surface area contributed by atoms with Crippen molar-refractivity contribution in [3.63, 3.8) is 0 Å². The van der Waals surface area contributed by atoms with Crippen molar-refractivity contribution in [2.45, 2.75) is 20.3 Å². The van der Waals surface area contributed by atoms with E-state index in [1.807, 2.05) is 24.3 Å². The van der Waals surface area contributed by atoms with Crippen LogP contribution in [0.1, 0.15) is 29.8 Å². The molecule has 0 amide bonds. The number of carbonyl (C=O) groups is 1. The van der Waals surface area contributed by atoms with Gasteiger partial charge in [0.15, 0.2) is 5.78 Å². The molecule has 2 nitrogen and oxygen atoms in total. The molecule has 1 N–H and O–H groups in total. The Labute approximate surface area is 122 Å². The Kier molecular flexibility index (Phi) is 3.34. The van der Waals surface area contributed by atoms with Gasteiger partial charge in [-0.15, -0.1) is 0 Å². The van der Waals surface area contributed by atoms with Crippen LogP contribution in [0.3, 0.4) is 0 Å². The first-order chi connectivity index (χ1) is 10.1. The van der Waals surface area contributed by atoms with E-state index < -0.39 is 0 Å². The minimum absolute atomic E-state index is 0.0681. The summed E-state index contributed by atoms with van der Waals surface area (Å²) >= 11 is 0. The predicted molar refractivity (Wildman–Crippen MR) is 83.1 cm³/mol. The average molecular weight is 281 g/mol. The molecule has 0 saturated heterocycles. The number of aromatic amines is 1. The van der Waals surface area contributed by atoms with E-state index in [1.165, 1.54) is 24.6 Å². The first-order valence-corrected chi connectivity index (χ1v) is 7.01. The molecule has 0 spiro atoms. The molecule has 0 bridgehead atoms. The van der Waals surface area contributed by atoms with Crippen molar-refractivity contribution in [1.29, 1.82) is 0 Å². The van der Waals surface area contributed by atoms with Crippen LogP contribution < -0.4 is 0 Å². The Morgan fingerprint density at radius 3 is 2.48 bits per heavy atom. The summed E-state index contributed by atoms with van der Waals surface area (Å²) in [4.78, 5) is 15.2. The van der Waals surface area contributed by atoms with Crippen LogP contribution >= 0.6 is 0 Å². The number of nitrogens with one attached hydrogen (secondary N) is 1. The first kappa shape index (κ1) is 13.6. The average Bonchev–Trinajstić information content (AvgIpc) is 2.86. The predicted octanol–water partition coefficient (Wildman–Crippen LogP) is 4.74. The lowest BCUT2D eigenvalue weighted by atomic mass is 10.0. The number of rotatable bonds is 3. The first-order valence-electron chi connectivity index (χ1n) is 7.01. The molecule has 0 aliphatic carbocycles. The van der Waals surface area contributed by atoms with Crippen LogP contribution in [0.2, 0.25) is 0 Å². The van der Waals surface area contributed by atoms with E-state index in [2.05, 4.69) is 11.9 Å². The van der Waals surface area contributed by atoms with Gasteiger partial charge in [-0.25, -0.2) is 4.39 Å². The molecule has 0 fully saturated rings. The standard InChI is InChI=1S/C18H16FNO/c1-3-12-4-6-13(7-5-12)18-17(11(2)21)15-10-14(19)8-9-16(15)20-18/h4-10,20H,3H2,1-2H3. The Bertz CT molecular complexity index is 815. The van der Waals surface area contributed by atoms with Gasteiger partial charge in [0.1, 0.15) is 5.82 Å². The number of Topliss-reactive ketones (excluding diaryl/α,β-unsaturated/α-hetero) is 1. The van der Waals surface area contributed by atoms with Gasteiger partial charge in [0, 0.05) is 10.9 Å². The summed E-state index contributed by atoms with van der Waals surface area (Å²) in [6, 6.07) is 12.6. The van der Waals surface area contributed by atoms with Crippen LogP contribution in [0.5, 0.6) is 0 Å². The molecule has 0 aliphatic rings. The Morgan fingerprint density at radius 2 is 1.86 bits per heavy atom. The number of hydrogen-bond donors (Lipinski definition) is 1. The van der Waals surface area contributed by atoms with Gasteiger partial charge in [-0.1, -0.05) is 31.2 Å². The third-order valence-electron chi connectivity index (χ3n) is 3.76. The molecule has 21 heavy (non-hydrogen) atoms. The third kappa shape index (κ3) is 2.35. The topological polar surface area (TPSA) is 32.9 Å². The minimum atomic E-state index is -0.336. The van der Waals surface area contributed by atoms with E-state index in [0.717, 1.165) is 23.2 Å². The molecular weight excluding hydrogens is 265 g/mol. The highest BCUT2D eigenvalue weighted by Crippen LogP contribution is 2.31. The second kappa shape index (κ2) is 5.17. The summed E-state index contributed by atoms with van der Waals surface area (Å²) in [5, 5.41) is 0.636. The third-order valence-corrected chi connectivity index (χ3v) is 3.76. The second-order valence-corrected chi connectivity index (χ2v) is 5.17. The van der Waals surface area contributed by atoms with Gasteiger partial charge in [-0.2, -0.15) is 0 Å². The van der Waals surface area contributed by atoms with Crippen molar-refractivity contribution >= 4 is 16.7 Å². The van der Waals surface area contributed by atoms with E-state index in [4.69, 9.17) is 0 Å². The highest BCUT2D eigenvalue weighted by Gasteiger charge is 2.17. The molecule has 1 aromatic heterocycles. The number of aryl methyl sites for hydroxylation is 1. The molecule has 0 saturated carbocycles. The van der Waals surface area contributed by atoms with E-state index >= 15 is 0 Å². The number of aromatic nitrogens is 1. The van der Waals surface area contributed by atoms with Gasteiger partial charge in [0.25, 0.3) is 0 Å². The fraction of sp³-hybridized carbons (Fsp3) is 0.167. The van der Waals surface area contributed by atoms with Crippen molar-refractivity contribution in [1.82, 2.24) is 4.98 Å². The molecule has 2 aromatic carbocycles. The molecular formula is C18H16FNO. The number of hydrogen-bond acceptors (Lipinski definition) is 1. The quantitative estimate of drug-likeness (QED) is 0.691. The van der Waals surface area contributed by atoms with Gasteiger partial charge >= 0.3 is 0 Å². The van der Waals surface area contributed by atoms with E-state index in [1.54, 1.807) is 6.07 Å². The van der Waals surface area contributed by atoms with Crippen LogP contribution in [-0.2, 0) is 6.42 Å². The van der Waals surface area contributed by atoms with E-state index in [9.17, 15) is 9.18 Å². The molecule has 0 aliphatic heterocycles. The lowest BCUT2D eigenvalue weighted by molar-refractivity contribution is 0.102. The van der Waals surface area contributed by atoms with Gasteiger partial charge in [0.2, 0.25) is 0 Å². The monoisotopic (exact) mass is 281 g/mol. The zero-order valence-corrected chi connectivity index (χ0v) is 12.0. The maximum atomic E-state index is 13.5. The molecule has 0 unspecified atom stereocenters. The minimum Gasteiger partial charge on any atom is -0.354 e. The number of halogens is 1. The van der Waals surface area contributed by atoms with E-state index in [0.29, 0.717) is 10.9 Å². The number of fused-ring (bicyclic) bond motifs is 1. The summed E-state index contributed by atoms with van der Waals surface area (Å²) in [6.45, 7) is 3.61. The second-order valence-electron chi connectivity index (χ2n) is 5.17. The lowest BCUT2D eigenvalue weighted by Crippen LogP contribution is -1.94. The lowest BCUT2D eigenvalue weighted by Gasteiger charge is -2.03. The zero-order chi connectivity index (χ0) is 15.0. The maximum absolute atomic E-state index is 13.5. The van der Waals surface area contributed by atoms with Crippen molar-refractivity contribution < 1.29 is 9.18 Å².